The third-order valence-electron chi connectivity index (χ3n) is 3.43. The van der Waals surface area contributed by atoms with E-state index in [9.17, 15) is 15.0 Å². The molecule has 1 amide bonds. The number of carbonyl (C=O) groups excluding carboxylic acids is 1. The Kier molecular flexibility index (Phi) is 5.36. The van der Waals surface area contributed by atoms with E-state index >= 15 is 0 Å². The van der Waals surface area contributed by atoms with Gasteiger partial charge in [0.15, 0.2) is 11.5 Å². The Labute approximate surface area is 139 Å². The van der Waals surface area contributed by atoms with Gasteiger partial charge in [-0.2, -0.15) is 0 Å². The van der Waals surface area contributed by atoms with Crippen molar-refractivity contribution in [3.05, 3.63) is 41.5 Å². The van der Waals surface area contributed by atoms with Crippen molar-refractivity contribution in [3.63, 3.8) is 0 Å². The minimum absolute atomic E-state index is 0.0158. The van der Waals surface area contributed by atoms with Crippen LogP contribution in [0, 0.1) is 0 Å². The van der Waals surface area contributed by atoms with E-state index in [-0.39, 0.29) is 29.4 Å². The van der Waals surface area contributed by atoms with E-state index < -0.39 is 5.91 Å². The zero-order chi connectivity index (χ0) is 17.7. The zero-order valence-electron chi connectivity index (χ0n) is 13.6. The van der Waals surface area contributed by atoms with Crippen LogP contribution in [0.1, 0.15) is 15.9 Å². The normalized spacial score (nSPS) is 10.1. The van der Waals surface area contributed by atoms with Gasteiger partial charge in [0.25, 0.3) is 5.91 Å². The van der Waals surface area contributed by atoms with Gasteiger partial charge >= 0.3 is 0 Å². The lowest BCUT2D eigenvalue weighted by molar-refractivity contribution is 0.0945. The molecule has 0 aliphatic carbocycles. The molecule has 0 spiro atoms. The fourth-order valence-corrected chi connectivity index (χ4v) is 2.19. The number of hydrogen-bond acceptors (Lipinski definition) is 6. The SMILES string of the molecule is COc1cc(O)c(C(=O)NCc2ccc(O)c(OC)c2)c(OC)c1. The van der Waals surface area contributed by atoms with E-state index in [2.05, 4.69) is 5.32 Å². The van der Waals surface area contributed by atoms with Gasteiger partial charge in [-0.15, -0.1) is 0 Å². The number of methoxy groups -OCH3 is 3. The van der Waals surface area contributed by atoms with Crippen molar-refractivity contribution >= 4 is 5.91 Å². The molecule has 0 aliphatic rings. The highest BCUT2D eigenvalue weighted by Crippen LogP contribution is 2.33. The summed E-state index contributed by atoms with van der Waals surface area (Å²) < 4.78 is 15.2. The molecule has 2 rings (SSSR count). The maximum atomic E-state index is 12.4. The Bertz CT molecular complexity index is 744. The molecule has 7 heteroatoms. The standard InChI is InChI=1S/C17H19NO6/c1-22-11-7-13(20)16(15(8-11)24-3)17(21)18-9-10-4-5-12(19)14(6-10)23-2/h4-8,19-20H,9H2,1-3H3,(H,18,21). The van der Waals surface area contributed by atoms with Crippen LogP contribution >= 0.6 is 0 Å². The molecule has 0 heterocycles. The number of rotatable bonds is 6. The maximum Gasteiger partial charge on any atom is 0.259 e. The number of aromatic hydroxyl groups is 2. The first-order chi connectivity index (χ1) is 11.5. The summed E-state index contributed by atoms with van der Waals surface area (Å²) in [7, 11) is 4.29. The van der Waals surface area contributed by atoms with Gasteiger partial charge in [0.05, 0.1) is 21.3 Å². The maximum absolute atomic E-state index is 12.4. The lowest BCUT2D eigenvalue weighted by Crippen LogP contribution is -2.23. The highest BCUT2D eigenvalue weighted by atomic mass is 16.5. The molecule has 3 N–H and O–H groups in total. The molecule has 0 aliphatic heterocycles. The van der Waals surface area contributed by atoms with Crippen LogP contribution < -0.4 is 19.5 Å². The van der Waals surface area contributed by atoms with E-state index in [1.807, 2.05) is 0 Å². The van der Waals surface area contributed by atoms with Crippen LogP contribution in [0.2, 0.25) is 0 Å². The molecule has 0 radical (unpaired) electrons. The number of nitrogens with one attached hydrogen (secondary N) is 1. The molecule has 0 unspecified atom stereocenters. The quantitative estimate of drug-likeness (QED) is 0.748. The molecule has 2 aromatic carbocycles. The summed E-state index contributed by atoms with van der Waals surface area (Å²) in [5.74, 6) is 0.163. The predicted molar refractivity (Wildman–Crippen MR) is 87.0 cm³/mol. The summed E-state index contributed by atoms with van der Waals surface area (Å²) in [6.07, 6.45) is 0. The minimum atomic E-state index is -0.501. The van der Waals surface area contributed by atoms with Gasteiger partial charge in [0.2, 0.25) is 0 Å². The van der Waals surface area contributed by atoms with Crippen molar-refractivity contribution in [1.29, 1.82) is 0 Å². The molecule has 128 valence electrons. The molecule has 24 heavy (non-hydrogen) atoms. The smallest absolute Gasteiger partial charge is 0.259 e. The second-order valence-corrected chi connectivity index (χ2v) is 4.91. The second kappa shape index (κ2) is 7.45. The monoisotopic (exact) mass is 333 g/mol. The molecule has 7 nitrogen and oxygen atoms in total. The topological polar surface area (TPSA) is 97.3 Å². The summed E-state index contributed by atoms with van der Waals surface area (Å²) in [5.41, 5.74) is 0.744. The average molecular weight is 333 g/mol. The first-order valence-corrected chi connectivity index (χ1v) is 7.09. The summed E-state index contributed by atoms with van der Waals surface area (Å²) in [6.45, 7) is 0.185. The first-order valence-electron chi connectivity index (χ1n) is 7.09. The number of phenols is 2. The van der Waals surface area contributed by atoms with Gasteiger partial charge < -0.3 is 29.7 Å². The Hall–Kier alpha value is -3.09. The van der Waals surface area contributed by atoms with Crippen LogP contribution in [-0.4, -0.2) is 37.4 Å². The molecule has 0 atom stereocenters. The molecule has 2 aromatic rings. The fraction of sp³-hybridized carbons (Fsp3) is 0.235. The van der Waals surface area contributed by atoms with Crippen molar-refractivity contribution in [2.45, 2.75) is 6.54 Å². The van der Waals surface area contributed by atoms with Gasteiger partial charge in [-0.3, -0.25) is 4.79 Å². The third kappa shape index (κ3) is 3.62. The van der Waals surface area contributed by atoms with E-state index in [0.717, 1.165) is 5.56 Å². The van der Waals surface area contributed by atoms with Crippen molar-refractivity contribution in [2.24, 2.45) is 0 Å². The van der Waals surface area contributed by atoms with E-state index in [4.69, 9.17) is 14.2 Å². The van der Waals surface area contributed by atoms with E-state index in [0.29, 0.717) is 11.5 Å². The van der Waals surface area contributed by atoms with Gasteiger partial charge in [0.1, 0.15) is 22.8 Å². The number of ether oxygens (including phenoxy) is 3. The molecule has 0 fully saturated rings. The number of phenolic OH excluding ortho intramolecular Hbond substituents is 2. The number of benzene rings is 2. The van der Waals surface area contributed by atoms with E-state index in [1.54, 1.807) is 12.1 Å². The summed E-state index contributed by atoms with van der Waals surface area (Å²) in [5, 5.41) is 22.3. The largest absolute Gasteiger partial charge is 0.507 e. The van der Waals surface area contributed by atoms with Gasteiger partial charge in [-0.25, -0.2) is 0 Å². The molecule has 0 bridgehead atoms. The predicted octanol–water partition coefficient (Wildman–Crippen LogP) is 2.05. The van der Waals surface area contributed by atoms with Crippen LogP contribution in [0.3, 0.4) is 0 Å². The number of hydrogen-bond donors (Lipinski definition) is 3. The summed E-state index contributed by atoms with van der Waals surface area (Å²) >= 11 is 0. The molecule has 0 saturated carbocycles. The molecule has 0 aromatic heterocycles. The minimum Gasteiger partial charge on any atom is -0.507 e. The lowest BCUT2D eigenvalue weighted by Gasteiger charge is -2.13. The van der Waals surface area contributed by atoms with Crippen molar-refractivity contribution in [2.75, 3.05) is 21.3 Å². The van der Waals surface area contributed by atoms with Crippen molar-refractivity contribution in [3.8, 4) is 28.7 Å². The van der Waals surface area contributed by atoms with Gasteiger partial charge in [-0.05, 0) is 17.7 Å². The van der Waals surface area contributed by atoms with Crippen LogP contribution in [0.15, 0.2) is 30.3 Å². The molecular weight excluding hydrogens is 314 g/mol. The van der Waals surface area contributed by atoms with Gasteiger partial charge in [0, 0.05) is 18.7 Å². The third-order valence-corrected chi connectivity index (χ3v) is 3.43. The molecule has 0 saturated heterocycles. The van der Waals surface area contributed by atoms with Crippen molar-refractivity contribution in [1.82, 2.24) is 5.32 Å². The van der Waals surface area contributed by atoms with Crippen LogP contribution in [0.25, 0.3) is 0 Å². The highest BCUT2D eigenvalue weighted by Gasteiger charge is 2.19. The summed E-state index contributed by atoms with van der Waals surface area (Å²) in [6, 6.07) is 7.59. The summed E-state index contributed by atoms with van der Waals surface area (Å²) in [4.78, 5) is 12.4. The van der Waals surface area contributed by atoms with Crippen LogP contribution in [-0.2, 0) is 6.54 Å². The lowest BCUT2D eigenvalue weighted by atomic mass is 10.1. The average Bonchev–Trinajstić information content (AvgIpc) is 2.59. The Morgan fingerprint density at radius 2 is 1.67 bits per heavy atom. The first kappa shape index (κ1) is 17.3. The molecular formula is C17H19NO6. The number of carbonyl (C=O) groups is 1. The Morgan fingerprint density at radius 1 is 0.958 bits per heavy atom. The van der Waals surface area contributed by atoms with Gasteiger partial charge in [-0.1, -0.05) is 6.07 Å². The van der Waals surface area contributed by atoms with Crippen LogP contribution in [0.5, 0.6) is 28.7 Å². The zero-order valence-corrected chi connectivity index (χ0v) is 13.6. The van der Waals surface area contributed by atoms with Crippen molar-refractivity contribution < 1.29 is 29.2 Å². The van der Waals surface area contributed by atoms with E-state index in [1.165, 1.54) is 39.5 Å². The second-order valence-electron chi connectivity index (χ2n) is 4.91. The number of amides is 1. The fourth-order valence-electron chi connectivity index (χ4n) is 2.19. The van der Waals surface area contributed by atoms with Crippen LogP contribution in [0.4, 0.5) is 0 Å². The Morgan fingerprint density at radius 3 is 2.29 bits per heavy atom. The Balaban J connectivity index is 2.18. The highest BCUT2D eigenvalue weighted by molar-refractivity contribution is 5.99.